The van der Waals surface area contributed by atoms with Crippen molar-refractivity contribution in [2.75, 3.05) is 39.6 Å². The Morgan fingerprint density at radius 2 is 1.77 bits per heavy atom. The predicted molar refractivity (Wildman–Crippen MR) is 141 cm³/mol. The molecule has 1 fully saturated rings. The maximum Gasteiger partial charge on any atom is 0.255 e. The molecule has 3 aliphatic carbocycles. The Morgan fingerprint density at radius 3 is 2.31 bits per heavy atom. The van der Waals surface area contributed by atoms with Gasteiger partial charge in [0.05, 0.1) is 17.2 Å². The smallest absolute Gasteiger partial charge is 0.255 e. The highest BCUT2D eigenvalue weighted by Gasteiger charge is 2.64. The second-order valence-electron chi connectivity index (χ2n) is 10.8. The molecule has 12 nitrogen and oxygen atoms in total. The van der Waals surface area contributed by atoms with Crippen LogP contribution in [0.15, 0.2) is 23.0 Å². The van der Waals surface area contributed by atoms with Crippen molar-refractivity contribution in [1.82, 2.24) is 4.90 Å². The van der Waals surface area contributed by atoms with E-state index in [1.807, 2.05) is 0 Å². The monoisotopic (exact) mass is 542 g/mol. The lowest BCUT2D eigenvalue weighted by Gasteiger charge is -2.50. The minimum Gasteiger partial charge on any atom is -0.508 e. The van der Waals surface area contributed by atoms with E-state index in [4.69, 9.17) is 11.5 Å². The molecule has 4 rings (SSSR count). The first-order valence-corrected chi connectivity index (χ1v) is 12.6. The Labute approximate surface area is 225 Å². The molecule has 12 heteroatoms. The van der Waals surface area contributed by atoms with Crippen molar-refractivity contribution in [3.05, 3.63) is 39.7 Å². The summed E-state index contributed by atoms with van der Waals surface area (Å²) in [5.74, 6) is -7.78. The zero-order valence-corrected chi connectivity index (χ0v) is 22.3. The third-order valence-corrected chi connectivity index (χ3v) is 8.09. The number of carbonyl (C=O) groups excluding carboxylic acids is 4. The molecule has 4 atom stereocenters. The van der Waals surface area contributed by atoms with Gasteiger partial charge in [0.1, 0.15) is 22.8 Å². The first kappa shape index (κ1) is 28.3. The number of likely N-dealkylation sites (N-methyl/N-ethyl adjacent to an activating group) is 1. The highest BCUT2D eigenvalue weighted by molar-refractivity contribution is 6.24. The first-order chi connectivity index (χ1) is 18.2. The van der Waals surface area contributed by atoms with Crippen molar-refractivity contribution in [1.29, 1.82) is 0 Å². The molecule has 0 bridgehead atoms. The molecule has 1 aromatic carbocycles. The standard InChI is InChI=1S/C27H34N4O8/c1-30(2)15-10-13(16(32)6-5-7-28)21(33)18-12(15)8-11-9-14-20(31(3)4)23(35)19(26(29)38)25(37)27(14,39)24(36)17(11)22(18)34/h10-11,14,20,33-34,37,39H,5-9,28H2,1-4H3,(H2,29,38)/t11-,14-,20-,27-/m0/s1. The number of hydrogen-bond acceptors (Lipinski definition) is 11. The van der Waals surface area contributed by atoms with Crippen LogP contribution in [0.2, 0.25) is 0 Å². The van der Waals surface area contributed by atoms with Gasteiger partial charge in [-0.05, 0) is 57.5 Å². The zero-order valence-electron chi connectivity index (χ0n) is 22.3. The molecule has 1 saturated carbocycles. The lowest BCUT2D eigenvalue weighted by Crippen LogP contribution is -2.65. The van der Waals surface area contributed by atoms with E-state index in [1.165, 1.54) is 11.0 Å². The fourth-order valence-electron chi connectivity index (χ4n) is 6.30. The van der Waals surface area contributed by atoms with Gasteiger partial charge in [-0.1, -0.05) is 0 Å². The molecule has 0 heterocycles. The van der Waals surface area contributed by atoms with Gasteiger partial charge in [-0.3, -0.25) is 24.1 Å². The van der Waals surface area contributed by atoms with Gasteiger partial charge in [0.2, 0.25) is 5.78 Å². The lowest BCUT2D eigenvalue weighted by atomic mass is 9.57. The molecule has 8 N–H and O–H groups in total. The van der Waals surface area contributed by atoms with Crippen molar-refractivity contribution in [3.8, 4) is 5.75 Å². The van der Waals surface area contributed by atoms with Gasteiger partial charge in [0, 0.05) is 37.7 Å². The van der Waals surface area contributed by atoms with Crippen LogP contribution in [0.4, 0.5) is 5.69 Å². The molecule has 0 saturated heterocycles. The third-order valence-electron chi connectivity index (χ3n) is 8.09. The van der Waals surface area contributed by atoms with Gasteiger partial charge >= 0.3 is 0 Å². The Bertz CT molecular complexity index is 1360. The van der Waals surface area contributed by atoms with Gasteiger partial charge in [0.25, 0.3) is 5.91 Å². The number of phenols is 1. The first-order valence-electron chi connectivity index (χ1n) is 12.6. The minimum absolute atomic E-state index is 0.0173. The number of phenolic OH excluding ortho intramolecular Hbond substituents is 1. The summed E-state index contributed by atoms with van der Waals surface area (Å²) in [4.78, 5) is 55.3. The van der Waals surface area contributed by atoms with Crippen LogP contribution in [0.25, 0.3) is 5.76 Å². The van der Waals surface area contributed by atoms with Crippen molar-refractivity contribution < 1.29 is 39.6 Å². The summed E-state index contributed by atoms with van der Waals surface area (Å²) in [5.41, 5.74) is 7.87. The number of Topliss-reactive ketones (excluding diaryl/α,β-unsaturated/α-hetero) is 3. The summed E-state index contributed by atoms with van der Waals surface area (Å²) >= 11 is 0. The van der Waals surface area contributed by atoms with Crippen LogP contribution in [-0.2, 0) is 20.8 Å². The van der Waals surface area contributed by atoms with Crippen LogP contribution < -0.4 is 16.4 Å². The number of carbonyl (C=O) groups is 4. The average Bonchev–Trinajstić information content (AvgIpc) is 2.84. The maximum absolute atomic E-state index is 14.0. The van der Waals surface area contributed by atoms with Crippen molar-refractivity contribution in [3.63, 3.8) is 0 Å². The summed E-state index contributed by atoms with van der Waals surface area (Å²) in [5, 5.41) is 45.3. The Balaban J connectivity index is 1.98. The molecule has 210 valence electrons. The number of hydrogen-bond donors (Lipinski definition) is 6. The van der Waals surface area contributed by atoms with Gasteiger partial charge < -0.3 is 36.8 Å². The number of aliphatic hydroxyl groups is 3. The molecule has 3 aliphatic rings. The van der Waals surface area contributed by atoms with Crippen LogP contribution in [-0.4, -0.2) is 95.0 Å². The minimum atomic E-state index is -2.72. The van der Waals surface area contributed by atoms with Crippen LogP contribution in [0.1, 0.15) is 40.7 Å². The molecule has 0 unspecified atom stereocenters. The fourth-order valence-corrected chi connectivity index (χ4v) is 6.30. The number of aliphatic hydroxyl groups excluding tert-OH is 2. The molecular weight excluding hydrogens is 508 g/mol. The number of nitrogens with two attached hydrogens (primary N) is 2. The summed E-state index contributed by atoms with van der Waals surface area (Å²) in [6.07, 6.45) is 0.558. The largest absolute Gasteiger partial charge is 0.508 e. The SMILES string of the molecule is CN(C)c1cc(C(=O)CCCN)c(O)c2c1C[C@H]1C[C@H]3[C@H](N(C)C)C(=O)C(C(N)=O)=C(O)[C@@]3(O)C(=O)C1=C2O. The highest BCUT2D eigenvalue weighted by atomic mass is 16.3. The van der Waals surface area contributed by atoms with E-state index in [1.54, 1.807) is 33.1 Å². The van der Waals surface area contributed by atoms with Gasteiger partial charge in [-0.2, -0.15) is 0 Å². The second-order valence-corrected chi connectivity index (χ2v) is 10.8. The normalized spacial score (nSPS) is 26.4. The van der Waals surface area contributed by atoms with E-state index in [0.717, 1.165) is 0 Å². The third kappa shape index (κ3) is 4.01. The van der Waals surface area contributed by atoms with Crippen LogP contribution in [0.5, 0.6) is 5.75 Å². The number of amides is 1. The van der Waals surface area contributed by atoms with E-state index in [9.17, 15) is 39.6 Å². The van der Waals surface area contributed by atoms with E-state index in [0.29, 0.717) is 17.7 Å². The van der Waals surface area contributed by atoms with Crippen LogP contribution in [0.3, 0.4) is 0 Å². The summed E-state index contributed by atoms with van der Waals surface area (Å²) in [6, 6.07) is 0.374. The van der Waals surface area contributed by atoms with E-state index >= 15 is 0 Å². The average molecular weight is 543 g/mol. The van der Waals surface area contributed by atoms with Crippen LogP contribution >= 0.6 is 0 Å². The Morgan fingerprint density at radius 1 is 1.13 bits per heavy atom. The highest BCUT2D eigenvalue weighted by Crippen LogP contribution is 2.54. The molecule has 0 spiro atoms. The van der Waals surface area contributed by atoms with Gasteiger partial charge in [-0.25, -0.2) is 0 Å². The summed E-state index contributed by atoms with van der Waals surface area (Å²) in [6.45, 7) is 0.268. The van der Waals surface area contributed by atoms with Crippen molar-refractivity contribution in [2.24, 2.45) is 23.3 Å². The number of primary amides is 1. The quantitative estimate of drug-likeness (QED) is 0.199. The molecule has 39 heavy (non-hydrogen) atoms. The topological polar surface area (TPSA) is 208 Å². The molecule has 0 aliphatic heterocycles. The molecule has 0 aromatic heterocycles. The zero-order chi connectivity index (χ0) is 29.1. The van der Waals surface area contributed by atoms with E-state index in [-0.39, 0.29) is 42.5 Å². The summed E-state index contributed by atoms with van der Waals surface area (Å²) in [7, 11) is 6.55. The summed E-state index contributed by atoms with van der Waals surface area (Å²) < 4.78 is 0. The predicted octanol–water partition coefficient (Wildman–Crippen LogP) is -0.0484. The fraction of sp³-hybridized carbons (Fsp3) is 0.481. The molecule has 1 aromatic rings. The van der Waals surface area contributed by atoms with Crippen molar-refractivity contribution >= 4 is 34.7 Å². The van der Waals surface area contributed by atoms with Gasteiger partial charge in [-0.15, -0.1) is 0 Å². The second kappa shape index (κ2) is 9.78. The molecular formula is C27H34N4O8. The van der Waals surface area contributed by atoms with E-state index in [2.05, 4.69) is 0 Å². The number of anilines is 1. The maximum atomic E-state index is 14.0. The van der Waals surface area contributed by atoms with Crippen LogP contribution in [0, 0.1) is 11.8 Å². The number of benzene rings is 1. The number of fused-ring (bicyclic) bond motifs is 3. The molecule has 1 amide bonds. The van der Waals surface area contributed by atoms with Crippen molar-refractivity contribution in [2.45, 2.75) is 37.3 Å². The van der Waals surface area contributed by atoms with E-state index < -0.39 is 69.6 Å². The molecule has 0 radical (unpaired) electrons. The van der Waals surface area contributed by atoms with Gasteiger partial charge in [0.15, 0.2) is 17.2 Å². The number of aromatic hydroxyl groups is 1. The number of ketones is 3. The lowest BCUT2D eigenvalue weighted by molar-refractivity contribution is -0.153. The number of rotatable bonds is 7. The Hall–Kier alpha value is -3.74. The Kier molecular flexibility index (Phi) is 7.09. The number of nitrogens with zero attached hydrogens (tertiary/aromatic N) is 2.